The van der Waals surface area contributed by atoms with Gasteiger partial charge >= 0.3 is 12.1 Å². The number of allylic oxidation sites excluding steroid dienone is 2. The van der Waals surface area contributed by atoms with Gasteiger partial charge in [0.15, 0.2) is 8.32 Å². The SMILES string of the molecule is CC(C)(C)[Si](C)(C)O[C@H]1C=CC=C2C[C@H](C(=O)O)N(C(=O)OCC[Si](C)(C)C)[C@@H]21. The zero-order chi connectivity index (χ0) is 22.2. The van der Waals surface area contributed by atoms with Crippen molar-refractivity contribution in [2.75, 3.05) is 6.61 Å². The Hall–Kier alpha value is -1.39. The number of hydrogen-bond acceptors (Lipinski definition) is 4. The summed E-state index contributed by atoms with van der Waals surface area (Å²) in [7, 11) is -3.47. The number of carbonyl (C=O) groups excluding carboxylic acids is 1. The maximum absolute atomic E-state index is 13.0. The molecule has 3 atom stereocenters. The van der Waals surface area contributed by atoms with E-state index in [9.17, 15) is 14.7 Å². The van der Waals surface area contributed by atoms with Crippen LogP contribution in [0.1, 0.15) is 27.2 Å². The molecule has 1 N–H and O–H groups in total. The molecular weight excluding hydrogens is 402 g/mol. The number of amides is 1. The highest BCUT2D eigenvalue weighted by Gasteiger charge is 2.50. The molecule has 0 aromatic rings. The van der Waals surface area contributed by atoms with Crippen LogP contribution in [0.15, 0.2) is 23.8 Å². The van der Waals surface area contributed by atoms with Gasteiger partial charge in [0, 0.05) is 14.5 Å². The van der Waals surface area contributed by atoms with Crippen LogP contribution in [0.2, 0.25) is 43.8 Å². The molecule has 1 aliphatic heterocycles. The van der Waals surface area contributed by atoms with Gasteiger partial charge in [-0.3, -0.25) is 4.90 Å². The van der Waals surface area contributed by atoms with Gasteiger partial charge in [-0.25, -0.2) is 9.59 Å². The number of aliphatic carboxylic acids is 1. The quantitative estimate of drug-likeness (QED) is 0.597. The fourth-order valence-corrected chi connectivity index (χ4v) is 5.29. The molecule has 2 aliphatic rings. The largest absolute Gasteiger partial charge is 0.480 e. The Labute approximate surface area is 177 Å². The molecule has 164 valence electrons. The van der Waals surface area contributed by atoms with Crippen molar-refractivity contribution >= 4 is 28.5 Å². The average Bonchev–Trinajstić information content (AvgIpc) is 2.93. The van der Waals surface area contributed by atoms with E-state index in [1.807, 2.05) is 18.2 Å². The Morgan fingerprint density at radius 3 is 2.34 bits per heavy atom. The van der Waals surface area contributed by atoms with Gasteiger partial charge in [-0.15, -0.1) is 0 Å². The third-order valence-corrected chi connectivity index (χ3v) is 12.4. The highest BCUT2D eigenvalue weighted by molar-refractivity contribution is 6.76. The number of carboxylic acid groups (broad SMARTS) is 1. The lowest BCUT2D eigenvalue weighted by molar-refractivity contribution is -0.142. The number of rotatable bonds is 6. The Kier molecular flexibility index (Phi) is 6.91. The van der Waals surface area contributed by atoms with Crippen LogP contribution < -0.4 is 0 Å². The molecule has 0 spiro atoms. The predicted molar refractivity (Wildman–Crippen MR) is 120 cm³/mol. The molecular formula is C21H37NO5Si2. The van der Waals surface area contributed by atoms with Gasteiger partial charge in [0.2, 0.25) is 0 Å². The summed E-state index contributed by atoms with van der Waals surface area (Å²) in [6, 6.07) is -0.493. The first-order valence-corrected chi connectivity index (χ1v) is 17.0. The van der Waals surface area contributed by atoms with Crippen LogP contribution in [0.5, 0.6) is 0 Å². The average molecular weight is 440 g/mol. The predicted octanol–water partition coefficient (Wildman–Crippen LogP) is 4.88. The molecule has 1 heterocycles. The number of hydrogen-bond donors (Lipinski definition) is 1. The van der Waals surface area contributed by atoms with Crippen LogP contribution >= 0.6 is 0 Å². The molecule has 8 heteroatoms. The molecule has 0 radical (unpaired) electrons. The van der Waals surface area contributed by atoms with Crippen molar-refractivity contribution in [3.63, 3.8) is 0 Å². The molecule has 0 aromatic carbocycles. The first-order chi connectivity index (χ1) is 13.1. The van der Waals surface area contributed by atoms with Crippen molar-refractivity contribution in [2.45, 2.75) is 89.2 Å². The lowest BCUT2D eigenvalue weighted by Gasteiger charge is -2.42. The second-order valence-corrected chi connectivity index (χ2v) is 21.2. The lowest BCUT2D eigenvalue weighted by Crippen LogP contribution is -2.54. The molecule has 1 fully saturated rings. The lowest BCUT2D eigenvalue weighted by atomic mass is 9.97. The number of carbonyl (C=O) groups is 2. The Balaban J connectivity index is 2.26. The van der Waals surface area contributed by atoms with Crippen LogP contribution in [-0.4, -0.2) is 63.3 Å². The molecule has 0 bridgehead atoms. The maximum atomic E-state index is 13.0. The van der Waals surface area contributed by atoms with E-state index in [0.29, 0.717) is 13.0 Å². The van der Waals surface area contributed by atoms with Gasteiger partial charge in [-0.05, 0) is 29.7 Å². The Bertz CT molecular complexity index is 703. The summed E-state index contributed by atoms with van der Waals surface area (Å²) in [5, 5.41) is 9.77. The van der Waals surface area contributed by atoms with E-state index in [0.717, 1.165) is 11.6 Å². The highest BCUT2D eigenvalue weighted by atomic mass is 28.4. The van der Waals surface area contributed by atoms with E-state index in [4.69, 9.17) is 9.16 Å². The van der Waals surface area contributed by atoms with Crippen LogP contribution in [0.25, 0.3) is 0 Å². The first-order valence-electron chi connectivity index (χ1n) is 10.4. The van der Waals surface area contributed by atoms with Crippen molar-refractivity contribution < 1.29 is 23.9 Å². The standard InChI is InChI=1S/C21H37NO5Si2/c1-21(2,3)29(7,8)27-17-11-9-10-15-14-16(19(23)24)22(18(15)17)20(25)26-12-13-28(4,5)6/h9-11,16-18H,12-14H2,1-8H3,(H,23,24)/t16-,17+,18+/m1/s1. The molecule has 1 saturated heterocycles. The monoisotopic (exact) mass is 439 g/mol. The normalized spacial score (nSPS) is 24.9. The van der Waals surface area contributed by atoms with Gasteiger partial charge < -0.3 is 14.3 Å². The summed E-state index contributed by atoms with van der Waals surface area (Å²) in [6.45, 7) is 17.8. The number of ether oxygens (including phenoxy) is 1. The molecule has 1 amide bonds. The number of carboxylic acids is 1. The fraction of sp³-hybridized carbons (Fsp3) is 0.714. The van der Waals surface area contributed by atoms with Crippen LogP contribution in [-0.2, 0) is 14.0 Å². The molecule has 1 aliphatic carbocycles. The van der Waals surface area contributed by atoms with Gasteiger partial charge in [0.1, 0.15) is 6.04 Å². The molecule has 29 heavy (non-hydrogen) atoms. The van der Waals surface area contributed by atoms with E-state index in [1.54, 1.807) is 0 Å². The number of nitrogens with zero attached hydrogens (tertiary/aromatic N) is 1. The zero-order valence-corrected chi connectivity index (χ0v) is 21.1. The molecule has 0 unspecified atom stereocenters. The van der Waals surface area contributed by atoms with Crippen molar-refractivity contribution in [1.29, 1.82) is 0 Å². The Morgan fingerprint density at radius 2 is 1.83 bits per heavy atom. The van der Waals surface area contributed by atoms with Crippen LogP contribution in [0, 0.1) is 0 Å². The molecule has 6 nitrogen and oxygen atoms in total. The number of fused-ring (bicyclic) bond motifs is 1. The zero-order valence-electron chi connectivity index (χ0n) is 19.1. The van der Waals surface area contributed by atoms with Crippen molar-refractivity contribution in [2.24, 2.45) is 0 Å². The summed E-state index contributed by atoms with van der Waals surface area (Å²) in [6.07, 6.45) is 5.18. The van der Waals surface area contributed by atoms with E-state index in [-0.39, 0.29) is 11.1 Å². The minimum absolute atomic E-state index is 0.00957. The third kappa shape index (κ3) is 5.61. The Morgan fingerprint density at radius 1 is 1.21 bits per heavy atom. The molecule has 0 saturated carbocycles. The van der Waals surface area contributed by atoms with Gasteiger partial charge in [-0.1, -0.05) is 58.6 Å². The minimum atomic E-state index is -2.12. The summed E-state index contributed by atoms with van der Waals surface area (Å²) in [4.78, 5) is 26.3. The number of likely N-dealkylation sites (tertiary alicyclic amines) is 1. The van der Waals surface area contributed by atoms with E-state index >= 15 is 0 Å². The summed E-state index contributed by atoms with van der Waals surface area (Å²) in [5.74, 6) is -1.01. The summed E-state index contributed by atoms with van der Waals surface area (Å²) >= 11 is 0. The highest BCUT2D eigenvalue weighted by Crippen LogP contribution is 2.42. The first kappa shape index (κ1) is 23.9. The third-order valence-electron chi connectivity index (χ3n) is 6.18. The summed E-state index contributed by atoms with van der Waals surface area (Å²) in [5.41, 5.74) is 0.922. The van der Waals surface area contributed by atoms with Gasteiger partial charge in [0.25, 0.3) is 0 Å². The smallest absolute Gasteiger partial charge is 0.411 e. The topological polar surface area (TPSA) is 76.1 Å². The van der Waals surface area contributed by atoms with Crippen LogP contribution in [0.3, 0.4) is 0 Å². The summed E-state index contributed by atoms with van der Waals surface area (Å²) < 4.78 is 12.1. The van der Waals surface area contributed by atoms with E-state index in [1.165, 1.54) is 4.90 Å². The van der Waals surface area contributed by atoms with Gasteiger partial charge in [-0.2, -0.15) is 0 Å². The van der Waals surface area contributed by atoms with Crippen LogP contribution in [0.4, 0.5) is 4.79 Å². The maximum Gasteiger partial charge on any atom is 0.411 e. The minimum Gasteiger partial charge on any atom is -0.480 e. The van der Waals surface area contributed by atoms with Crippen molar-refractivity contribution in [1.82, 2.24) is 4.90 Å². The second kappa shape index (κ2) is 8.39. The second-order valence-electron chi connectivity index (χ2n) is 10.8. The van der Waals surface area contributed by atoms with Crippen molar-refractivity contribution in [3.8, 4) is 0 Å². The van der Waals surface area contributed by atoms with E-state index in [2.05, 4.69) is 53.5 Å². The fourth-order valence-electron chi connectivity index (χ4n) is 3.33. The van der Waals surface area contributed by atoms with Crippen molar-refractivity contribution in [3.05, 3.63) is 23.8 Å². The molecule has 2 rings (SSSR count). The molecule has 0 aromatic heterocycles. The van der Waals surface area contributed by atoms with Gasteiger partial charge in [0.05, 0.1) is 18.8 Å². The van der Waals surface area contributed by atoms with E-state index < -0.39 is 40.5 Å².